The monoisotopic (exact) mass is 415 g/mol. The number of sulfonamides is 1. The summed E-state index contributed by atoms with van der Waals surface area (Å²) >= 11 is 0. The van der Waals surface area contributed by atoms with Crippen LogP contribution >= 0.6 is 0 Å². The number of amidine groups is 1. The third-order valence-electron chi connectivity index (χ3n) is 4.70. The van der Waals surface area contributed by atoms with Crippen LogP contribution in [0.4, 0.5) is 5.69 Å². The van der Waals surface area contributed by atoms with Crippen molar-refractivity contribution in [1.82, 2.24) is 4.90 Å². The predicted molar refractivity (Wildman–Crippen MR) is 113 cm³/mol. The van der Waals surface area contributed by atoms with E-state index in [2.05, 4.69) is 9.71 Å². The maximum atomic E-state index is 12.5. The molecule has 1 amide bonds. The molecule has 2 aromatic rings. The minimum absolute atomic E-state index is 0.0925. The fourth-order valence-corrected chi connectivity index (χ4v) is 4.11. The normalized spacial score (nSPS) is 15.6. The molecular weight excluding hydrogens is 390 g/mol. The van der Waals surface area contributed by atoms with Crippen LogP contribution in [-0.2, 0) is 14.8 Å². The highest BCUT2D eigenvalue weighted by atomic mass is 32.2. The molecule has 1 aliphatic heterocycles. The molecule has 1 aliphatic rings. The molecule has 0 radical (unpaired) electrons. The third-order valence-corrected chi connectivity index (χ3v) is 6.02. The topological polar surface area (TPSA) is 88.1 Å². The molecule has 7 nitrogen and oxygen atoms in total. The van der Waals surface area contributed by atoms with Crippen molar-refractivity contribution in [3.63, 3.8) is 0 Å². The van der Waals surface area contributed by atoms with Crippen LogP contribution < -0.4 is 10.1 Å². The van der Waals surface area contributed by atoms with Crippen LogP contribution in [-0.4, -0.2) is 45.3 Å². The maximum absolute atomic E-state index is 12.5. The number of nitrogens with one attached hydrogen (secondary N) is 1. The van der Waals surface area contributed by atoms with Crippen LogP contribution in [0.25, 0.3) is 0 Å². The van der Waals surface area contributed by atoms with E-state index in [1.54, 1.807) is 12.1 Å². The molecule has 0 spiro atoms. The first-order valence-corrected chi connectivity index (χ1v) is 10.8. The SMILES string of the molecule is Cc1ccc(C)c(OCC(=O)Nc2ccc(S(=O)(=O)N=C3CCCN3C)cc2)c1. The van der Waals surface area contributed by atoms with E-state index in [4.69, 9.17) is 4.74 Å². The minimum atomic E-state index is -3.77. The van der Waals surface area contributed by atoms with Gasteiger partial charge in [0, 0.05) is 25.7 Å². The Hall–Kier alpha value is -2.87. The first-order valence-electron chi connectivity index (χ1n) is 9.39. The van der Waals surface area contributed by atoms with Gasteiger partial charge in [-0.1, -0.05) is 12.1 Å². The third kappa shape index (κ3) is 5.35. The molecule has 1 saturated heterocycles. The van der Waals surface area contributed by atoms with Gasteiger partial charge in [-0.25, -0.2) is 0 Å². The lowest BCUT2D eigenvalue weighted by atomic mass is 10.1. The smallest absolute Gasteiger partial charge is 0.283 e. The van der Waals surface area contributed by atoms with Gasteiger partial charge in [0.25, 0.3) is 15.9 Å². The quantitative estimate of drug-likeness (QED) is 0.783. The van der Waals surface area contributed by atoms with Gasteiger partial charge in [0.2, 0.25) is 0 Å². The molecule has 0 aromatic heterocycles. The van der Waals surface area contributed by atoms with Crippen molar-refractivity contribution in [3.8, 4) is 5.75 Å². The van der Waals surface area contributed by atoms with Crippen molar-refractivity contribution < 1.29 is 17.9 Å². The molecule has 8 heteroatoms. The van der Waals surface area contributed by atoms with Crippen molar-refractivity contribution >= 4 is 27.5 Å². The van der Waals surface area contributed by atoms with Gasteiger partial charge in [-0.3, -0.25) is 4.79 Å². The van der Waals surface area contributed by atoms with E-state index < -0.39 is 10.0 Å². The molecule has 154 valence electrons. The first kappa shape index (κ1) is 20.9. The van der Waals surface area contributed by atoms with Gasteiger partial charge < -0.3 is 15.0 Å². The lowest BCUT2D eigenvalue weighted by Crippen LogP contribution is -2.21. The summed E-state index contributed by atoms with van der Waals surface area (Å²) in [6, 6.07) is 11.8. The summed E-state index contributed by atoms with van der Waals surface area (Å²) < 4.78 is 34.4. The summed E-state index contributed by atoms with van der Waals surface area (Å²) in [6.45, 7) is 4.55. The summed E-state index contributed by atoms with van der Waals surface area (Å²) in [5.74, 6) is 0.915. The number of ether oxygens (including phenoxy) is 1. The van der Waals surface area contributed by atoms with Crippen LogP contribution in [0, 0.1) is 13.8 Å². The minimum Gasteiger partial charge on any atom is -0.483 e. The van der Waals surface area contributed by atoms with E-state index in [-0.39, 0.29) is 17.4 Å². The number of amides is 1. The van der Waals surface area contributed by atoms with Gasteiger partial charge in [-0.05, 0) is 61.7 Å². The molecule has 3 rings (SSSR count). The van der Waals surface area contributed by atoms with Gasteiger partial charge in [-0.15, -0.1) is 4.40 Å². The van der Waals surface area contributed by atoms with Gasteiger partial charge in [0.15, 0.2) is 6.61 Å². The standard InChI is InChI=1S/C21H25N3O4S/c1-15-6-7-16(2)19(13-15)28-14-21(25)22-17-8-10-18(11-9-17)29(26,27)23-20-5-4-12-24(20)3/h6-11,13H,4-5,12,14H2,1-3H3,(H,22,25). The second-order valence-electron chi connectivity index (χ2n) is 7.14. The Labute approximate surface area is 171 Å². The van der Waals surface area contributed by atoms with Crippen LogP contribution in [0.5, 0.6) is 5.75 Å². The Morgan fingerprint density at radius 1 is 1.17 bits per heavy atom. The van der Waals surface area contributed by atoms with Crippen molar-refractivity contribution in [2.45, 2.75) is 31.6 Å². The van der Waals surface area contributed by atoms with E-state index >= 15 is 0 Å². The molecule has 2 aromatic carbocycles. The Bertz CT molecular complexity index is 1030. The van der Waals surface area contributed by atoms with Crippen LogP contribution in [0.3, 0.4) is 0 Å². The number of benzene rings is 2. The Morgan fingerprint density at radius 3 is 2.55 bits per heavy atom. The number of carbonyl (C=O) groups is 1. The summed E-state index contributed by atoms with van der Waals surface area (Å²) in [4.78, 5) is 14.1. The van der Waals surface area contributed by atoms with Gasteiger partial charge in [0.05, 0.1) is 4.90 Å². The number of hydrogen-bond acceptors (Lipinski definition) is 4. The Kier molecular flexibility index (Phi) is 6.22. The van der Waals surface area contributed by atoms with Crippen LogP contribution in [0.1, 0.15) is 24.0 Å². The van der Waals surface area contributed by atoms with Crippen molar-refractivity contribution in [2.24, 2.45) is 4.40 Å². The van der Waals surface area contributed by atoms with Gasteiger partial charge >= 0.3 is 0 Å². The Morgan fingerprint density at radius 2 is 1.90 bits per heavy atom. The molecule has 1 heterocycles. The van der Waals surface area contributed by atoms with Crippen molar-refractivity contribution in [3.05, 3.63) is 53.6 Å². The zero-order valence-corrected chi connectivity index (χ0v) is 17.6. The highest BCUT2D eigenvalue weighted by molar-refractivity contribution is 7.90. The highest BCUT2D eigenvalue weighted by Crippen LogP contribution is 2.20. The average Bonchev–Trinajstić information content (AvgIpc) is 3.07. The van der Waals surface area contributed by atoms with E-state index in [1.807, 2.05) is 44.0 Å². The maximum Gasteiger partial charge on any atom is 0.283 e. The molecule has 0 bridgehead atoms. The molecule has 1 fully saturated rings. The van der Waals surface area contributed by atoms with Crippen LogP contribution in [0.15, 0.2) is 51.8 Å². The number of hydrogen-bond donors (Lipinski definition) is 1. The molecule has 0 saturated carbocycles. The second kappa shape index (κ2) is 8.65. The molecule has 0 aliphatic carbocycles. The summed E-state index contributed by atoms with van der Waals surface area (Å²) in [5.41, 5.74) is 2.49. The highest BCUT2D eigenvalue weighted by Gasteiger charge is 2.20. The van der Waals surface area contributed by atoms with Crippen molar-refractivity contribution in [2.75, 3.05) is 25.5 Å². The number of carbonyl (C=O) groups excluding carboxylic acids is 1. The summed E-state index contributed by atoms with van der Waals surface area (Å²) in [5, 5.41) is 2.70. The van der Waals surface area contributed by atoms with Crippen LogP contribution in [0.2, 0.25) is 0 Å². The summed E-state index contributed by atoms with van der Waals surface area (Å²) in [7, 11) is -1.93. The molecule has 1 N–H and O–H groups in total. The molecule has 0 unspecified atom stereocenters. The van der Waals surface area contributed by atoms with Gasteiger partial charge in [-0.2, -0.15) is 8.42 Å². The van der Waals surface area contributed by atoms with E-state index in [9.17, 15) is 13.2 Å². The van der Waals surface area contributed by atoms with Gasteiger partial charge in [0.1, 0.15) is 11.6 Å². The average molecular weight is 416 g/mol. The Balaban J connectivity index is 1.61. The largest absolute Gasteiger partial charge is 0.483 e. The van der Waals surface area contributed by atoms with E-state index in [0.717, 1.165) is 24.1 Å². The van der Waals surface area contributed by atoms with E-state index in [0.29, 0.717) is 23.7 Å². The number of rotatable bonds is 6. The lowest BCUT2D eigenvalue weighted by Gasteiger charge is -2.11. The second-order valence-corrected chi connectivity index (χ2v) is 8.74. The predicted octanol–water partition coefficient (Wildman–Crippen LogP) is 3.13. The van der Waals surface area contributed by atoms with Crippen molar-refractivity contribution in [1.29, 1.82) is 0 Å². The fourth-order valence-electron chi connectivity index (χ4n) is 3.01. The number of aryl methyl sites for hydroxylation is 2. The molecule has 29 heavy (non-hydrogen) atoms. The number of likely N-dealkylation sites (tertiary alicyclic amines) is 1. The van der Waals surface area contributed by atoms with E-state index in [1.165, 1.54) is 12.1 Å². The molecule has 0 atom stereocenters. The summed E-state index contributed by atoms with van der Waals surface area (Å²) in [6.07, 6.45) is 1.56. The number of anilines is 1. The fraction of sp³-hybridized carbons (Fsp3) is 0.333. The number of nitrogens with zero attached hydrogens (tertiary/aromatic N) is 2. The zero-order valence-electron chi connectivity index (χ0n) is 16.8. The molecular formula is C21H25N3O4S. The zero-order chi connectivity index (χ0) is 21.0. The first-order chi connectivity index (χ1) is 13.7. The lowest BCUT2D eigenvalue weighted by molar-refractivity contribution is -0.118.